The number of benzene rings is 2. The molecule has 0 heterocycles. The maximum absolute atomic E-state index is 11.9. The Bertz CT molecular complexity index is 690. The van der Waals surface area contributed by atoms with Crippen LogP contribution in [0, 0.1) is 0 Å². The number of carboxylic acid groups (broad SMARTS) is 1. The lowest BCUT2D eigenvalue weighted by Crippen LogP contribution is -2.24. The number of halogens is 1. The second-order valence-corrected chi connectivity index (χ2v) is 6.78. The fourth-order valence-electron chi connectivity index (χ4n) is 1.85. The molecular weight excluding hydrogens is 392 g/mol. The highest BCUT2D eigenvalue weighted by atomic mass is 79.9. The largest absolute Gasteiger partial charge is 0.481 e. The van der Waals surface area contributed by atoms with Gasteiger partial charge in [-0.2, -0.15) is 0 Å². The summed E-state index contributed by atoms with van der Waals surface area (Å²) in [5, 5.41) is 11.3. The molecule has 2 aromatic rings. The Balaban J connectivity index is 1.80. The molecule has 0 bridgehead atoms. The molecule has 0 fully saturated rings. The van der Waals surface area contributed by atoms with Crippen LogP contribution in [0.1, 0.15) is 23.2 Å². The van der Waals surface area contributed by atoms with Crippen LogP contribution in [-0.2, 0) is 4.79 Å². The Morgan fingerprint density at radius 3 is 2.33 bits per heavy atom. The van der Waals surface area contributed by atoms with Gasteiger partial charge in [0.1, 0.15) is 0 Å². The van der Waals surface area contributed by atoms with Gasteiger partial charge in [0.05, 0.1) is 0 Å². The van der Waals surface area contributed by atoms with Crippen LogP contribution in [0.2, 0.25) is 0 Å². The number of anilines is 1. The molecule has 0 aliphatic heterocycles. The number of hydrogen-bond donors (Lipinski definition) is 3. The molecule has 24 heavy (non-hydrogen) atoms. The average molecular weight is 409 g/mol. The van der Waals surface area contributed by atoms with Crippen LogP contribution in [0.4, 0.5) is 5.69 Å². The van der Waals surface area contributed by atoms with Crippen LogP contribution in [0.25, 0.3) is 0 Å². The van der Waals surface area contributed by atoms with Crippen LogP contribution in [0.5, 0.6) is 0 Å². The monoisotopic (exact) mass is 408 g/mol. The highest BCUT2D eigenvalue weighted by molar-refractivity contribution is 9.10. The molecule has 0 aromatic heterocycles. The SMILES string of the molecule is O=C(O)CCCNC(=O)c1ccc(SNc2ccc(Br)cc2)cc1. The van der Waals surface area contributed by atoms with Crippen LogP contribution in [-0.4, -0.2) is 23.5 Å². The minimum atomic E-state index is -0.857. The van der Waals surface area contributed by atoms with E-state index in [2.05, 4.69) is 26.0 Å². The van der Waals surface area contributed by atoms with E-state index < -0.39 is 5.97 Å². The third-order valence-electron chi connectivity index (χ3n) is 3.10. The van der Waals surface area contributed by atoms with Crippen LogP contribution in [0.3, 0.4) is 0 Å². The number of carbonyl (C=O) groups is 2. The van der Waals surface area contributed by atoms with E-state index in [1.165, 1.54) is 11.9 Å². The van der Waals surface area contributed by atoms with Crippen molar-refractivity contribution < 1.29 is 14.7 Å². The molecule has 2 aromatic carbocycles. The zero-order valence-electron chi connectivity index (χ0n) is 12.8. The van der Waals surface area contributed by atoms with Crippen molar-refractivity contribution >= 4 is 45.4 Å². The van der Waals surface area contributed by atoms with Gasteiger partial charge in [-0.1, -0.05) is 15.9 Å². The molecule has 2 rings (SSSR count). The third kappa shape index (κ3) is 6.25. The number of carboxylic acids is 1. The van der Waals surface area contributed by atoms with Gasteiger partial charge < -0.3 is 15.1 Å². The van der Waals surface area contributed by atoms with Crippen molar-refractivity contribution in [2.45, 2.75) is 17.7 Å². The van der Waals surface area contributed by atoms with Crippen molar-refractivity contribution in [1.29, 1.82) is 0 Å². The van der Waals surface area contributed by atoms with Gasteiger partial charge in [-0.15, -0.1) is 0 Å². The Kier molecular flexibility index (Phi) is 7.14. The lowest BCUT2D eigenvalue weighted by atomic mass is 10.2. The van der Waals surface area contributed by atoms with Crippen LogP contribution < -0.4 is 10.0 Å². The molecule has 0 saturated carbocycles. The van der Waals surface area contributed by atoms with Gasteiger partial charge in [-0.3, -0.25) is 9.59 Å². The number of rotatable bonds is 8. The van der Waals surface area contributed by atoms with Crippen molar-refractivity contribution in [2.24, 2.45) is 0 Å². The van der Waals surface area contributed by atoms with Crippen LogP contribution in [0.15, 0.2) is 57.9 Å². The maximum atomic E-state index is 11.9. The smallest absolute Gasteiger partial charge is 0.303 e. The topological polar surface area (TPSA) is 78.4 Å². The minimum absolute atomic E-state index is 0.0532. The standard InChI is InChI=1S/C17H17BrN2O3S/c18-13-5-7-14(8-6-13)20-24-15-9-3-12(4-10-15)17(23)19-11-1-2-16(21)22/h3-10,20H,1-2,11H2,(H,19,23)(H,21,22). The lowest BCUT2D eigenvalue weighted by Gasteiger charge is -2.07. The summed E-state index contributed by atoms with van der Waals surface area (Å²) >= 11 is 4.85. The molecule has 5 nitrogen and oxygen atoms in total. The number of carbonyl (C=O) groups excluding carboxylic acids is 1. The van der Waals surface area contributed by atoms with Crippen molar-refractivity contribution in [3.8, 4) is 0 Å². The molecule has 0 saturated heterocycles. The number of aliphatic carboxylic acids is 1. The molecule has 0 radical (unpaired) electrons. The fraction of sp³-hybridized carbons (Fsp3) is 0.176. The van der Waals surface area contributed by atoms with E-state index in [1.54, 1.807) is 12.1 Å². The first-order valence-corrected chi connectivity index (χ1v) is 8.94. The molecule has 0 unspecified atom stereocenters. The Hall–Kier alpha value is -1.99. The summed E-state index contributed by atoms with van der Waals surface area (Å²) in [6, 6.07) is 15.1. The molecule has 1 amide bonds. The van der Waals surface area contributed by atoms with E-state index in [0.717, 1.165) is 15.1 Å². The molecule has 0 spiro atoms. The Morgan fingerprint density at radius 1 is 1.04 bits per heavy atom. The second-order valence-electron chi connectivity index (χ2n) is 4.99. The van der Waals surface area contributed by atoms with E-state index in [4.69, 9.17) is 5.11 Å². The molecule has 0 atom stereocenters. The van der Waals surface area contributed by atoms with Gasteiger partial charge in [0.25, 0.3) is 5.91 Å². The normalized spacial score (nSPS) is 10.2. The minimum Gasteiger partial charge on any atom is -0.481 e. The van der Waals surface area contributed by atoms with Gasteiger partial charge in [-0.25, -0.2) is 0 Å². The maximum Gasteiger partial charge on any atom is 0.303 e. The fourth-order valence-corrected chi connectivity index (χ4v) is 2.76. The summed E-state index contributed by atoms with van der Waals surface area (Å²) in [6.07, 6.45) is 0.476. The molecular formula is C17H17BrN2O3S. The van der Waals surface area contributed by atoms with Gasteiger partial charge in [0.2, 0.25) is 0 Å². The van der Waals surface area contributed by atoms with E-state index in [9.17, 15) is 9.59 Å². The summed E-state index contributed by atoms with van der Waals surface area (Å²) in [5.74, 6) is -1.05. The lowest BCUT2D eigenvalue weighted by molar-refractivity contribution is -0.137. The molecule has 0 aliphatic rings. The van der Waals surface area contributed by atoms with E-state index in [0.29, 0.717) is 18.5 Å². The molecule has 3 N–H and O–H groups in total. The summed E-state index contributed by atoms with van der Waals surface area (Å²) in [6.45, 7) is 0.354. The summed E-state index contributed by atoms with van der Waals surface area (Å²) in [5.41, 5.74) is 1.54. The highest BCUT2D eigenvalue weighted by Crippen LogP contribution is 2.22. The Morgan fingerprint density at radius 2 is 1.71 bits per heavy atom. The number of nitrogens with one attached hydrogen (secondary N) is 2. The zero-order chi connectivity index (χ0) is 17.4. The summed E-state index contributed by atoms with van der Waals surface area (Å²) in [4.78, 5) is 23.3. The predicted molar refractivity (Wildman–Crippen MR) is 99.3 cm³/mol. The first-order chi connectivity index (χ1) is 11.5. The first kappa shape index (κ1) is 18.4. The van der Waals surface area contributed by atoms with Crippen molar-refractivity contribution in [2.75, 3.05) is 11.3 Å². The predicted octanol–water partition coefficient (Wildman–Crippen LogP) is 4.16. The van der Waals surface area contributed by atoms with E-state index in [-0.39, 0.29) is 12.3 Å². The number of amides is 1. The Labute approximate surface area is 153 Å². The second kappa shape index (κ2) is 9.34. The van der Waals surface area contributed by atoms with Crippen molar-refractivity contribution in [3.63, 3.8) is 0 Å². The van der Waals surface area contributed by atoms with Gasteiger partial charge in [0, 0.05) is 33.6 Å². The average Bonchev–Trinajstić information content (AvgIpc) is 2.58. The van der Waals surface area contributed by atoms with Gasteiger partial charge in [-0.05, 0) is 66.9 Å². The molecule has 7 heteroatoms. The van der Waals surface area contributed by atoms with Crippen LogP contribution >= 0.6 is 27.9 Å². The van der Waals surface area contributed by atoms with Crippen molar-refractivity contribution in [3.05, 3.63) is 58.6 Å². The highest BCUT2D eigenvalue weighted by Gasteiger charge is 2.05. The molecule has 0 aliphatic carbocycles. The van der Waals surface area contributed by atoms with E-state index >= 15 is 0 Å². The van der Waals surface area contributed by atoms with Gasteiger partial charge in [0.15, 0.2) is 0 Å². The quantitative estimate of drug-likeness (QED) is 0.451. The zero-order valence-corrected chi connectivity index (χ0v) is 15.2. The van der Waals surface area contributed by atoms with Crippen molar-refractivity contribution in [1.82, 2.24) is 5.32 Å². The number of hydrogen-bond acceptors (Lipinski definition) is 4. The first-order valence-electron chi connectivity index (χ1n) is 7.33. The van der Waals surface area contributed by atoms with E-state index in [1.807, 2.05) is 36.4 Å². The molecule has 126 valence electrons. The summed E-state index contributed by atoms with van der Waals surface area (Å²) in [7, 11) is 0. The van der Waals surface area contributed by atoms with Gasteiger partial charge >= 0.3 is 5.97 Å². The summed E-state index contributed by atoms with van der Waals surface area (Å²) < 4.78 is 4.25. The third-order valence-corrected chi connectivity index (χ3v) is 4.47.